The number of amides is 1. The average molecular weight is 397 g/mol. The molecule has 0 saturated heterocycles. The second-order valence-corrected chi connectivity index (χ2v) is 8.82. The fourth-order valence-corrected chi connectivity index (χ4v) is 4.15. The molecular formula is C19H19N5O3S. The molecule has 2 aromatic heterocycles. The molecule has 0 fully saturated rings. The first-order chi connectivity index (χ1) is 13.3. The molecule has 0 bridgehead atoms. The van der Waals surface area contributed by atoms with E-state index in [-0.39, 0.29) is 10.8 Å². The van der Waals surface area contributed by atoms with Crippen LogP contribution in [0.3, 0.4) is 0 Å². The van der Waals surface area contributed by atoms with Gasteiger partial charge < -0.3 is 5.32 Å². The van der Waals surface area contributed by atoms with E-state index in [0.29, 0.717) is 23.5 Å². The van der Waals surface area contributed by atoms with Crippen LogP contribution in [0.4, 0.5) is 11.4 Å². The highest BCUT2D eigenvalue weighted by molar-refractivity contribution is 7.92. The van der Waals surface area contributed by atoms with Crippen molar-refractivity contribution in [2.45, 2.75) is 30.7 Å². The van der Waals surface area contributed by atoms with Crippen molar-refractivity contribution in [2.75, 3.05) is 10.0 Å². The number of hydrogen-bond donors (Lipinski definition) is 2. The number of nitrogens with zero attached hydrogens (tertiary/aromatic N) is 3. The van der Waals surface area contributed by atoms with Crippen LogP contribution in [-0.4, -0.2) is 29.1 Å². The Hall–Kier alpha value is -3.20. The van der Waals surface area contributed by atoms with Gasteiger partial charge in [-0.05, 0) is 49.7 Å². The maximum atomic E-state index is 12.8. The van der Waals surface area contributed by atoms with E-state index in [2.05, 4.69) is 20.1 Å². The number of rotatable bonds is 5. The van der Waals surface area contributed by atoms with Gasteiger partial charge in [-0.15, -0.1) is 0 Å². The fourth-order valence-electron chi connectivity index (χ4n) is 3.09. The maximum Gasteiger partial charge on any atom is 0.262 e. The van der Waals surface area contributed by atoms with E-state index in [9.17, 15) is 13.2 Å². The Morgan fingerprint density at radius 2 is 2.04 bits per heavy atom. The third-order valence-corrected chi connectivity index (χ3v) is 6.11. The smallest absolute Gasteiger partial charge is 0.262 e. The first kappa shape index (κ1) is 18.2. The lowest BCUT2D eigenvalue weighted by Crippen LogP contribution is -2.27. The van der Waals surface area contributed by atoms with Crippen LogP contribution < -0.4 is 10.0 Å². The summed E-state index contributed by atoms with van der Waals surface area (Å²) in [7, 11) is -3.82. The second-order valence-electron chi connectivity index (χ2n) is 7.14. The van der Waals surface area contributed by atoms with E-state index in [0.717, 1.165) is 5.69 Å². The lowest BCUT2D eigenvalue weighted by molar-refractivity contribution is -0.119. The summed E-state index contributed by atoms with van der Waals surface area (Å²) >= 11 is 0. The van der Waals surface area contributed by atoms with Gasteiger partial charge in [0.2, 0.25) is 5.91 Å². The first-order valence-corrected chi connectivity index (χ1v) is 10.2. The normalized spacial score (nSPS) is 15.1. The van der Waals surface area contributed by atoms with E-state index in [1.807, 2.05) is 18.2 Å². The zero-order valence-corrected chi connectivity index (χ0v) is 16.2. The summed E-state index contributed by atoms with van der Waals surface area (Å²) in [4.78, 5) is 16.4. The number of pyridine rings is 1. The van der Waals surface area contributed by atoms with Crippen molar-refractivity contribution < 1.29 is 13.2 Å². The Morgan fingerprint density at radius 1 is 1.21 bits per heavy atom. The molecule has 2 N–H and O–H groups in total. The Labute approximate surface area is 162 Å². The van der Waals surface area contributed by atoms with Crippen molar-refractivity contribution in [2.24, 2.45) is 0 Å². The summed E-state index contributed by atoms with van der Waals surface area (Å²) in [6.07, 6.45) is 4.74. The Balaban J connectivity index is 1.56. The van der Waals surface area contributed by atoms with Crippen molar-refractivity contribution in [1.82, 2.24) is 14.8 Å². The molecule has 0 saturated carbocycles. The highest BCUT2D eigenvalue weighted by Crippen LogP contribution is 2.38. The Bertz CT molecular complexity index is 1150. The van der Waals surface area contributed by atoms with Crippen LogP contribution in [0.5, 0.6) is 0 Å². The number of carbonyl (C=O) groups is 1. The highest BCUT2D eigenvalue weighted by atomic mass is 32.2. The van der Waals surface area contributed by atoms with Crippen molar-refractivity contribution in [3.8, 4) is 0 Å². The topological polar surface area (TPSA) is 106 Å². The predicted octanol–water partition coefficient (Wildman–Crippen LogP) is 2.36. The SMILES string of the molecule is CC1(C)C(=O)Nc2ccc(S(=O)(=O)Nc3cnn(Cc4ccccn4)c3)cc21. The minimum absolute atomic E-state index is 0.0910. The van der Waals surface area contributed by atoms with E-state index < -0.39 is 15.4 Å². The molecule has 0 unspecified atom stereocenters. The molecule has 8 nitrogen and oxygen atoms in total. The van der Waals surface area contributed by atoms with Gasteiger partial charge >= 0.3 is 0 Å². The van der Waals surface area contributed by atoms with Crippen molar-refractivity contribution >= 4 is 27.3 Å². The largest absolute Gasteiger partial charge is 0.325 e. The Morgan fingerprint density at radius 3 is 2.79 bits per heavy atom. The number of benzene rings is 1. The first-order valence-electron chi connectivity index (χ1n) is 8.67. The van der Waals surface area contributed by atoms with Crippen LogP contribution in [0.1, 0.15) is 25.1 Å². The van der Waals surface area contributed by atoms with Gasteiger partial charge in [-0.3, -0.25) is 19.2 Å². The quantitative estimate of drug-likeness (QED) is 0.687. The van der Waals surface area contributed by atoms with Gasteiger partial charge in [-0.1, -0.05) is 6.07 Å². The minimum atomic E-state index is -3.82. The number of anilines is 2. The molecule has 0 radical (unpaired) electrons. The van der Waals surface area contributed by atoms with Gasteiger partial charge in [0.05, 0.1) is 34.4 Å². The molecule has 3 heterocycles. The van der Waals surface area contributed by atoms with E-state index in [4.69, 9.17) is 0 Å². The number of aromatic nitrogens is 3. The third-order valence-electron chi connectivity index (χ3n) is 4.73. The Kier molecular flexibility index (Phi) is 4.19. The number of fused-ring (bicyclic) bond motifs is 1. The van der Waals surface area contributed by atoms with Gasteiger partial charge in [0.1, 0.15) is 0 Å². The van der Waals surface area contributed by atoms with Gasteiger partial charge in [0.15, 0.2) is 0 Å². The predicted molar refractivity (Wildman–Crippen MR) is 104 cm³/mol. The molecule has 0 aliphatic carbocycles. The molecule has 28 heavy (non-hydrogen) atoms. The molecule has 9 heteroatoms. The molecular weight excluding hydrogens is 378 g/mol. The molecule has 3 aromatic rings. The number of nitrogens with one attached hydrogen (secondary N) is 2. The summed E-state index contributed by atoms with van der Waals surface area (Å²) < 4.78 is 29.7. The average Bonchev–Trinajstić information content (AvgIpc) is 3.17. The van der Waals surface area contributed by atoms with E-state index in [1.54, 1.807) is 37.0 Å². The molecule has 1 aromatic carbocycles. The summed E-state index contributed by atoms with van der Waals surface area (Å²) in [5.74, 6) is -0.152. The molecule has 1 amide bonds. The number of sulfonamides is 1. The van der Waals surface area contributed by atoms with Crippen molar-refractivity contribution in [3.63, 3.8) is 0 Å². The van der Waals surface area contributed by atoms with Gasteiger partial charge in [0.25, 0.3) is 10.0 Å². The summed E-state index contributed by atoms with van der Waals surface area (Å²) in [5.41, 5.74) is 1.68. The summed E-state index contributed by atoms with van der Waals surface area (Å²) in [6, 6.07) is 10.2. The highest BCUT2D eigenvalue weighted by Gasteiger charge is 2.39. The monoisotopic (exact) mass is 397 g/mol. The van der Waals surface area contributed by atoms with Crippen LogP contribution in [0, 0.1) is 0 Å². The number of carbonyl (C=O) groups excluding carboxylic acids is 1. The number of hydrogen-bond acceptors (Lipinski definition) is 5. The lowest BCUT2D eigenvalue weighted by Gasteiger charge is -2.16. The molecule has 0 atom stereocenters. The fraction of sp³-hybridized carbons (Fsp3) is 0.211. The van der Waals surface area contributed by atoms with Gasteiger partial charge in [0, 0.05) is 18.1 Å². The van der Waals surface area contributed by atoms with E-state index >= 15 is 0 Å². The summed E-state index contributed by atoms with van der Waals surface area (Å²) in [6.45, 7) is 3.96. The third kappa shape index (κ3) is 3.24. The molecule has 4 rings (SSSR count). The second kappa shape index (κ2) is 6.45. The van der Waals surface area contributed by atoms with E-state index in [1.165, 1.54) is 18.3 Å². The van der Waals surface area contributed by atoms with Gasteiger partial charge in [-0.2, -0.15) is 5.10 Å². The van der Waals surface area contributed by atoms with Crippen LogP contribution in [-0.2, 0) is 26.8 Å². The van der Waals surface area contributed by atoms with Crippen molar-refractivity contribution in [3.05, 3.63) is 66.2 Å². The summed E-state index contributed by atoms with van der Waals surface area (Å²) in [5, 5.41) is 6.94. The molecule has 1 aliphatic rings. The maximum absolute atomic E-state index is 12.8. The lowest BCUT2D eigenvalue weighted by atomic mass is 9.86. The van der Waals surface area contributed by atoms with Crippen LogP contribution in [0.15, 0.2) is 59.9 Å². The van der Waals surface area contributed by atoms with Crippen molar-refractivity contribution in [1.29, 1.82) is 0 Å². The molecule has 0 spiro atoms. The van der Waals surface area contributed by atoms with Crippen LogP contribution >= 0.6 is 0 Å². The van der Waals surface area contributed by atoms with Crippen LogP contribution in [0.2, 0.25) is 0 Å². The minimum Gasteiger partial charge on any atom is -0.325 e. The zero-order chi connectivity index (χ0) is 19.9. The molecule has 144 valence electrons. The zero-order valence-electron chi connectivity index (χ0n) is 15.4. The van der Waals surface area contributed by atoms with Crippen LogP contribution in [0.25, 0.3) is 0 Å². The standard InChI is InChI=1S/C19H19N5O3S/c1-19(2)16-9-15(6-7-17(16)22-18(19)25)28(26,27)23-14-10-21-24(12-14)11-13-5-3-4-8-20-13/h3-10,12,23H,11H2,1-2H3,(H,22,25). The molecule has 1 aliphatic heterocycles. The van der Waals surface area contributed by atoms with Gasteiger partial charge in [-0.25, -0.2) is 8.42 Å².